The van der Waals surface area contributed by atoms with Gasteiger partial charge in [-0.25, -0.2) is 8.42 Å². The Balaban J connectivity index is 1.93. The van der Waals surface area contributed by atoms with Crippen LogP contribution in [0.2, 0.25) is 5.02 Å². The van der Waals surface area contributed by atoms with Gasteiger partial charge in [0.05, 0.1) is 10.6 Å². The van der Waals surface area contributed by atoms with Gasteiger partial charge in [0, 0.05) is 23.3 Å². The smallest absolute Gasteiger partial charge is 0.264 e. The molecule has 3 rings (SSSR count). The van der Waals surface area contributed by atoms with Crippen molar-refractivity contribution in [1.29, 1.82) is 0 Å². The van der Waals surface area contributed by atoms with E-state index in [0.29, 0.717) is 16.4 Å². The van der Waals surface area contributed by atoms with Gasteiger partial charge in [-0.2, -0.15) is 0 Å². The molecule has 33 heavy (non-hydrogen) atoms. The molecule has 0 aliphatic heterocycles. The lowest BCUT2D eigenvalue weighted by Crippen LogP contribution is -2.38. The van der Waals surface area contributed by atoms with E-state index in [4.69, 9.17) is 11.6 Å². The molecule has 0 atom stereocenters. The number of sulfonamides is 1. The molecule has 172 valence electrons. The van der Waals surface area contributed by atoms with E-state index >= 15 is 0 Å². The summed E-state index contributed by atoms with van der Waals surface area (Å²) >= 11 is 6.24. The van der Waals surface area contributed by atoms with Crippen molar-refractivity contribution in [3.05, 3.63) is 82.9 Å². The minimum Gasteiger partial charge on any atom is -0.326 e. The number of carbonyl (C=O) groups excluding carboxylic acids is 2. The van der Waals surface area contributed by atoms with Gasteiger partial charge in [0.1, 0.15) is 6.54 Å². The maximum atomic E-state index is 13.5. The molecule has 0 saturated carbocycles. The summed E-state index contributed by atoms with van der Waals surface area (Å²) in [6.45, 7) is 4.57. The summed E-state index contributed by atoms with van der Waals surface area (Å²) in [5.41, 5.74) is 2.90. The van der Waals surface area contributed by atoms with Crippen LogP contribution < -0.4 is 14.9 Å². The summed E-state index contributed by atoms with van der Waals surface area (Å²) in [6.07, 6.45) is 0. The Kier molecular flexibility index (Phi) is 7.40. The van der Waals surface area contributed by atoms with Crippen LogP contribution in [0.3, 0.4) is 0 Å². The van der Waals surface area contributed by atoms with Crippen molar-refractivity contribution >= 4 is 50.5 Å². The minimum atomic E-state index is -4.06. The van der Waals surface area contributed by atoms with Gasteiger partial charge in [0.2, 0.25) is 11.8 Å². The predicted molar refractivity (Wildman–Crippen MR) is 131 cm³/mol. The maximum absolute atomic E-state index is 13.5. The Hall–Kier alpha value is -3.36. The third-order valence-electron chi connectivity index (χ3n) is 4.81. The molecule has 2 N–H and O–H groups in total. The SMILES string of the molecule is CC(=O)Nc1cccc(NC(=O)CN(c2ccc(C)c(Cl)c2)S(=O)(=O)c2ccc(C)cc2)c1. The van der Waals surface area contributed by atoms with Crippen LogP contribution >= 0.6 is 11.6 Å². The first-order chi connectivity index (χ1) is 15.6. The number of benzene rings is 3. The first kappa shape index (κ1) is 24.3. The summed E-state index contributed by atoms with van der Waals surface area (Å²) in [5, 5.41) is 5.71. The van der Waals surface area contributed by atoms with Crippen LogP contribution in [0, 0.1) is 13.8 Å². The van der Waals surface area contributed by atoms with Crippen molar-refractivity contribution in [2.45, 2.75) is 25.7 Å². The highest BCUT2D eigenvalue weighted by molar-refractivity contribution is 7.92. The van der Waals surface area contributed by atoms with Crippen molar-refractivity contribution in [2.24, 2.45) is 0 Å². The number of hydrogen-bond donors (Lipinski definition) is 2. The van der Waals surface area contributed by atoms with E-state index in [1.165, 1.54) is 25.1 Å². The zero-order valence-corrected chi connectivity index (χ0v) is 20.0. The number of carbonyl (C=O) groups is 2. The summed E-state index contributed by atoms with van der Waals surface area (Å²) in [6, 6.07) is 17.8. The van der Waals surface area contributed by atoms with Gasteiger partial charge < -0.3 is 10.6 Å². The van der Waals surface area contributed by atoms with Crippen LogP contribution in [0.5, 0.6) is 0 Å². The zero-order chi connectivity index (χ0) is 24.2. The van der Waals surface area contributed by atoms with Crippen LogP contribution in [0.25, 0.3) is 0 Å². The highest BCUT2D eigenvalue weighted by atomic mass is 35.5. The fraction of sp³-hybridized carbons (Fsp3) is 0.167. The standard InChI is InChI=1S/C24H24ClN3O4S/c1-16-7-11-22(12-8-16)33(31,32)28(21-10-9-17(2)23(25)14-21)15-24(30)27-20-6-4-5-19(13-20)26-18(3)29/h4-14H,15H2,1-3H3,(H,26,29)(H,27,30). The Morgan fingerprint density at radius 2 is 1.55 bits per heavy atom. The average Bonchev–Trinajstić information content (AvgIpc) is 2.74. The van der Waals surface area contributed by atoms with Crippen LogP contribution in [0.1, 0.15) is 18.1 Å². The zero-order valence-electron chi connectivity index (χ0n) is 18.4. The molecular weight excluding hydrogens is 462 g/mol. The number of halogens is 1. The topological polar surface area (TPSA) is 95.6 Å². The highest BCUT2D eigenvalue weighted by Gasteiger charge is 2.27. The Morgan fingerprint density at radius 3 is 2.15 bits per heavy atom. The molecular formula is C24H24ClN3O4S. The molecule has 0 spiro atoms. The molecule has 9 heteroatoms. The van der Waals surface area contributed by atoms with Crippen molar-refractivity contribution in [3.8, 4) is 0 Å². The first-order valence-corrected chi connectivity index (χ1v) is 11.9. The summed E-state index contributed by atoms with van der Waals surface area (Å²) in [4.78, 5) is 24.2. The maximum Gasteiger partial charge on any atom is 0.264 e. The molecule has 3 aromatic rings. The van der Waals surface area contributed by atoms with E-state index in [0.717, 1.165) is 15.4 Å². The second-order valence-corrected chi connectivity index (χ2v) is 9.84. The largest absolute Gasteiger partial charge is 0.326 e. The first-order valence-electron chi connectivity index (χ1n) is 10.1. The molecule has 0 heterocycles. The van der Waals surface area contributed by atoms with Gasteiger partial charge in [-0.1, -0.05) is 41.4 Å². The Morgan fingerprint density at radius 1 is 0.909 bits per heavy atom. The third kappa shape index (κ3) is 6.12. The van der Waals surface area contributed by atoms with Gasteiger partial charge in [-0.3, -0.25) is 13.9 Å². The van der Waals surface area contributed by atoms with E-state index < -0.39 is 22.5 Å². The number of rotatable bonds is 7. The molecule has 0 aliphatic carbocycles. The molecule has 7 nitrogen and oxygen atoms in total. The molecule has 3 aromatic carbocycles. The van der Waals surface area contributed by atoms with E-state index in [9.17, 15) is 18.0 Å². The molecule has 2 amide bonds. The average molecular weight is 486 g/mol. The molecule has 0 fully saturated rings. The molecule has 0 unspecified atom stereocenters. The number of amides is 2. The lowest BCUT2D eigenvalue weighted by molar-refractivity contribution is -0.115. The van der Waals surface area contributed by atoms with E-state index in [-0.39, 0.29) is 16.5 Å². The number of aryl methyl sites for hydroxylation is 2. The van der Waals surface area contributed by atoms with Crippen LogP contribution in [-0.4, -0.2) is 26.8 Å². The fourth-order valence-electron chi connectivity index (χ4n) is 3.10. The second kappa shape index (κ2) is 10.1. The second-order valence-electron chi connectivity index (χ2n) is 7.57. The van der Waals surface area contributed by atoms with Crippen molar-refractivity contribution in [2.75, 3.05) is 21.5 Å². The monoisotopic (exact) mass is 485 g/mol. The highest BCUT2D eigenvalue weighted by Crippen LogP contribution is 2.28. The molecule has 0 saturated heterocycles. The van der Waals surface area contributed by atoms with Crippen molar-refractivity contribution in [3.63, 3.8) is 0 Å². The quantitative estimate of drug-likeness (QED) is 0.504. The number of nitrogens with zero attached hydrogens (tertiary/aromatic N) is 1. The third-order valence-corrected chi connectivity index (χ3v) is 7.00. The minimum absolute atomic E-state index is 0.0604. The number of nitrogens with one attached hydrogen (secondary N) is 2. The summed E-state index contributed by atoms with van der Waals surface area (Å²) < 4.78 is 27.9. The lowest BCUT2D eigenvalue weighted by Gasteiger charge is -2.24. The predicted octanol–water partition coefficient (Wildman–Crippen LogP) is 4.75. The Labute approximate surface area is 198 Å². The van der Waals surface area contributed by atoms with E-state index in [1.807, 2.05) is 6.92 Å². The van der Waals surface area contributed by atoms with Crippen molar-refractivity contribution in [1.82, 2.24) is 0 Å². The molecule has 0 bridgehead atoms. The molecule has 0 aliphatic rings. The van der Waals surface area contributed by atoms with Gasteiger partial charge in [0.25, 0.3) is 10.0 Å². The van der Waals surface area contributed by atoms with E-state index in [1.54, 1.807) is 55.5 Å². The Bertz CT molecular complexity index is 1290. The van der Waals surface area contributed by atoms with Crippen LogP contribution in [0.15, 0.2) is 71.6 Å². The molecule has 0 radical (unpaired) electrons. The van der Waals surface area contributed by atoms with Gasteiger partial charge in [0.15, 0.2) is 0 Å². The van der Waals surface area contributed by atoms with Gasteiger partial charge >= 0.3 is 0 Å². The number of anilines is 3. The summed E-state index contributed by atoms with van der Waals surface area (Å²) in [5.74, 6) is -0.799. The summed E-state index contributed by atoms with van der Waals surface area (Å²) in [7, 11) is -4.06. The fourth-order valence-corrected chi connectivity index (χ4v) is 4.69. The van der Waals surface area contributed by atoms with Crippen LogP contribution in [-0.2, 0) is 19.6 Å². The number of hydrogen-bond acceptors (Lipinski definition) is 4. The van der Waals surface area contributed by atoms with Crippen LogP contribution in [0.4, 0.5) is 17.1 Å². The normalized spacial score (nSPS) is 11.0. The van der Waals surface area contributed by atoms with E-state index in [2.05, 4.69) is 10.6 Å². The van der Waals surface area contributed by atoms with Gasteiger partial charge in [-0.15, -0.1) is 0 Å². The lowest BCUT2D eigenvalue weighted by atomic mass is 10.2. The molecule has 0 aromatic heterocycles. The van der Waals surface area contributed by atoms with Gasteiger partial charge in [-0.05, 0) is 61.9 Å². The van der Waals surface area contributed by atoms with Crippen molar-refractivity contribution < 1.29 is 18.0 Å².